The fourth-order valence-corrected chi connectivity index (χ4v) is 3.89. The third-order valence-corrected chi connectivity index (χ3v) is 5.69. The maximum atomic E-state index is 13.9. The number of aryl methyl sites for hydroxylation is 1. The summed E-state index contributed by atoms with van der Waals surface area (Å²) >= 11 is 0. The number of benzene rings is 1. The van der Waals surface area contributed by atoms with Crippen LogP contribution in [0.2, 0.25) is 0 Å². The van der Waals surface area contributed by atoms with Crippen molar-refractivity contribution in [3.63, 3.8) is 0 Å². The first-order valence-corrected chi connectivity index (χ1v) is 10.9. The normalized spacial score (nSPS) is 12.1. The molecule has 0 saturated heterocycles. The molecule has 6 heteroatoms. The number of imidazole rings is 1. The summed E-state index contributed by atoms with van der Waals surface area (Å²) in [5, 5.41) is 3.23. The molecule has 3 heterocycles. The van der Waals surface area contributed by atoms with Crippen molar-refractivity contribution >= 4 is 22.3 Å². The van der Waals surface area contributed by atoms with Crippen LogP contribution in [-0.2, 0) is 0 Å². The SMILES string of the molecule is C=C(C(=C/C(=C)c1cnccc1C)/C(=C\C)NC)c1nc2nccc(-c3cccc(F)c3)c2[nH]1. The number of H-pyrrole nitrogens is 1. The highest BCUT2D eigenvalue weighted by atomic mass is 19.1. The van der Waals surface area contributed by atoms with Crippen molar-refractivity contribution < 1.29 is 4.39 Å². The molecule has 0 amide bonds. The van der Waals surface area contributed by atoms with Crippen molar-refractivity contribution in [3.05, 3.63) is 114 Å². The topological polar surface area (TPSA) is 66.5 Å². The molecule has 2 N–H and O–H groups in total. The van der Waals surface area contributed by atoms with Crippen molar-refractivity contribution in [1.29, 1.82) is 0 Å². The Labute approximate surface area is 198 Å². The summed E-state index contributed by atoms with van der Waals surface area (Å²) in [5.41, 5.74) is 8.06. The van der Waals surface area contributed by atoms with Crippen LogP contribution >= 0.6 is 0 Å². The molecule has 4 rings (SSSR count). The molecule has 34 heavy (non-hydrogen) atoms. The number of aromatic amines is 1. The van der Waals surface area contributed by atoms with E-state index in [1.165, 1.54) is 12.1 Å². The van der Waals surface area contributed by atoms with Crippen LogP contribution in [0.25, 0.3) is 33.4 Å². The number of fused-ring (bicyclic) bond motifs is 1. The fraction of sp³-hybridized carbons (Fsp3) is 0.107. The molecule has 0 unspecified atom stereocenters. The van der Waals surface area contributed by atoms with Gasteiger partial charge in [0.15, 0.2) is 5.65 Å². The monoisotopic (exact) mass is 451 g/mol. The summed E-state index contributed by atoms with van der Waals surface area (Å²) in [4.78, 5) is 16.7. The molecule has 4 aromatic rings. The number of hydrogen-bond acceptors (Lipinski definition) is 4. The molecule has 0 fully saturated rings. The molecular weight excluding hydrogens is 425 g/mol. The standard InChI is InChI=1S/C28H26FN5/c1-6-25(30-5)23(14-18(3)24-16-31-12-10-17(24)2)19(4)27-33-26-22(11-13-32-28(26)34-27)20-8-7-9-21(29)15-20/h6-16,30H,3-4H2,1-2,5H3,(H,32,33,34)/b23-14-,25-6+. The first-order valence-electron chi connectivity index (χ1n) is 10.9. The highest BCUT2D eigenvalue weighted by Crippen LogP contribution is 2.32. The minimum Gasteiger partial charge on any atom is -0.388 e. The average Bonchev–Trinajstić information content (AvgIpc) is 3.28. The number of nitrogens with one attached hydrogen (secondary N) is 2. The summed E-state index contributed by atoms with van der Waals surface area (Å²) in [6, 6.07) is 10.3. The third kappa shape index (κ3) is 4.43. The lowest BCUT2D eigenvalue weighted by molar-refractivity contribution is 0.628. The van der Waals surface area contributed by atoms with Gasteiger partial charge in [-0.15, -0.1) is 0 Å². The quantitative estimate of drug-likeness (QED) is 0.326. The van der Waals surface area contributed by atoms with Gasteiger partial charge in [0.25, 0.3) is 0 Å². The average molecular weight is 452 g/mol. The van der Waals surface area contributed by atoms with Gasteiger partial charge in [0.1, 0.15) is 11.6 Å². The Morgan fingerprint density at radius 3 is 2.68 bits per heavy atom. The first kappa shape index (κ1) is 22.9. The second-order valence-electron chi connectivity index (χ2n) is 7.86. The largest absolute Gasteiger partial charge is 0.388 e. The van der Waals surface area contributed by atoms with Crippen LogP contribution < -0.4 is 5.32 Å². The summed E-state index contributed by atoms with van der Waals surface area (Å²) < 4.78 is 13.9. The number of aromatic nitrogens is 4. The molecule has 5 nitrogen and oxygen atoms in total. The number of nitrogens with zero attached hydrogens (tertiary/aromatic N) is 3. The van der Waals surface area contributed by atoms with E-state index < -0.39 is 0 Å². The Morgan fingerprint density at radius 1 is 1.15 bits per heavy atom. The Bertz CT molecular complexity index is 1460. The third-order valence-electron chi connectivity index (χ3n) is 5.69. The van der Waals surface area contributed by atoms with Crippen molar-refractivity contribution in [1.82, 2.24) is 25.3 Å². The van der Waals surface area contributed by atoms with E-state index in [0.29, 0.717) is 17.0 Å². The van der Waals surface area contributed by atoms with E-state index in [9.17, 15) is 4.39 Å². The second kappa shape index (κ2) is 9.67. The zero-order chi connectivity index (χ0) is 24.2. The van der Waals surface area contributed by atoms with Crippen LogP contribution in [0.15, 0.2) is 91.6 Å². The predicted octanol–water partition coefficient (Wildman–Crippen LogP) is 6.24. The maximum absolute atomic E-state index is 13.9. The highest BCUT2D eigenvalue weighted by Gasteiger charge is 2.17. The summed E-state index contributed by atoms with van der Waals surface area (Å²) in [6.07, 6.45) is 9.19. The number of halogens is 1. The van der Waals surface area contributed by atoms with Crippen molar-refractivity contribution in [3.8, 4) is 11.1 Å². The van der Waals surface area contributed by atoms with E-state index in [-0.39, 0.29) is 5.82 Å². The van der Waals surface area contributed by atoms with Crippen molar-refractivity contribution in [2.24, 2.45) is 0 Å². The van der Waals surface area contributed by atoms with Crippen molar-refractivity contribution in [2.75, 3.05) is 7.05 Å². The van der Waals surface area contributed by atoms with E-state index in [1.807, 2.05) is 51.2 Å². The zero-order valence-electron chi connectivity index (χ0n) is 19.5. The molecule has 0 aliphatic heterocycles. The predicted molar refractivity (Wildman–Crippen MR) is 137 cm³/mol. The summed E-state index contributed by atoms with van der Waals surface area (Å²) in [6.45, 7) is 12.6. The Hall–Kier alpha value is -4.32. The molecule has 0 saturated carbocycles. The van der Waals surface area contributed by atoms with E-state index in [0.717, 1.165) is 44.6 Å². The van der Waals surface area contributed by atoms with Crippen molar-refractivity contribution in [2.45, 2.75) is 13.8 Å². The molecule has 0 spiro atoms. The lowest BCUT2D eigenvalue weighted by atomic mass is 9.96. The molecule has 3 aromatic heterocycles. The van der Waals surface area contributed by atoms with Crippen LogP contribution in [0.4, 0.5) is 4.39 Å². The van der Waals surface area contributed by atoms with E-state index >= 15 is 0 Å². The number of rotatable bonds is 7. The van der Waals surface area contributed by atoms with Gasteiger partial charge in [-0.1, -0.05) is 31.4 Å². The van der Waals surface area contributed by atoms with Gasteiger partial charge in [-0.3, -0.25) is 4.98 Å². The van der Waals surface area contributed by atoms with Crippen LogP contribution in [0, 0.1) is 12.7 Å². The van der Waals surface area contributed by atoms with E-state index in [2.05, 4.69) is 33.4 Å². The van der Waals surface area contributed by atoms with Gasteiger partial charge in [-0.25, -0.2) is 14.4 Å². The smallest absolute Gasteiger partial charge is 0.178 e. The van der Waals surface area contributed by atoms with Gasteiger partial charge < -0.3 is 10.3 Å². The Morgan fingerprint density at radius 2 is 1.97 bits per heavy atom. The molecule has 0 aliphatic carbocycles. The molecule has 0 aliphatic rings. The summed E-state index contributed by atoms with van der Waals surface area (Å²) in [7, 11) is 1.86. The van der Waals surface area contributed by atoms with Gasteiger partial charge >= 0.3 is 0 Å². The van der Waals surface area contributed by atoms with Crippen LogP contribution in [0.3, 0.4) is 0 Å². The van der Waals surface area contributed by atoms with Gasteiger partial charge in [-0.2, -0.15) is 0 Å². The van der Waals surface area contributed by atoms with Gasteiger partial charge in [-0.05, 0) is 60.9 Å². The first-order chi connectivity index (χ1) is 16.4. The zero-order valence-corrected chi connectivity index (χ0v) is 19.5. The minimum absolute atomic E-state index is 0.298. The van der Waals surface area contributed by atoms with Gasteiger partial charge in [0.05, 0.1) is 5.52 Å². The molecule has 0 bridgehead atoms. The van der Waals surface area contributed by atoms with Crippen LogP contribution in [0.1, 0.15) is 23.9 Å². The number of likely N-dealkylation sites (N-methyl/N-ethyl adjacent to an activating group) is 1. The second-order valence-corrected chi connectivity index (χ2v) is 7.86. The van der Waals surface area contributed by atoms with Crippen LogP contribution in [0.5, 0.6) is 0 Å². The van der Waals surface area contributed by atoms with E-state index in [4.69, 9.17) is 4.98 Å². The molecule has 170 valence electrons. The summed E-state index contributed by atoms with van der Waals surface area (Å²) in [5.74, 6) is 0.274. The Balaban J connectivity index is 1.81. The lowest BCUT2D eigenvalue weighted by Gasteiger charge is -2.15. The maximum Gasteiger partial charge on any atom is 0.178 e. The lowest BCUT2D eigenvalue weighted by Crippen LogP contribution is -2.10. The molecular formula is C28H26FN5. The molecule has 1 aromatic carbocycles. The minimum atomic E-state index is -0.298. The Kier molecular flexibility index (Phi) is 6.50. The highest BCUT2D eigenvalue weighted by molar-refractivity contribution is 5.93. The van der Waals surface area contributed by atoms with Gasteiger partial charge in [0, 0.05) is 53.6 Å². The number of pyridine rings is 2. The van der Waals surface area contributed by atoms with Gasteiger partial charge in [0.2, 0.25) is 0 Å². The van der Waals surface area contributed by atoms with Crippen LogP contribution in [-0.4, -0.2) is 27.0 Å². The number of allylic oxidation sites excluding steroid dienone is 4. The van der Waals surface area contributed by atoms with E-state index in [1.54, 1.807) is 24.7 Å². The fourth-order valence-electron chi connectivity index (χ4n) is 3.89. The molecule has 0 atom stereocenters. The number of hydrogen-bond donors (Lipinski definition) is 2. The molecule has 0 radical (unpaired) electrons.